The highest BCUT2D eigenvalue weighted by atomic mass is 15.0. The minimum atomic E-state index is 0.528. The first-order valence-corrected chi connectivity index (χ1v) is 5.35. The second-order valence-electron chi connectivity index (χ2n) is 3.65. The van der Waals surface area contributed by atoms with E-state index >= 15 is 0 Å². The third-order valence-corrected chi connectivity index (χ3v) is 2.53. The van der Waals surface area contributed by atoms with Crippen LogP contribution < -0.4 is 11.5 Å². The molecule has 1 aromatic heterocycles. The molecule has 2 aromatic rings. The third-order valence-electron chi connectivity index (χ3n) is 2.53. The lowest BCUT2D eigenvalue weighted by molar-refractivity contribution is 0.708. The van der Waals surface area contributed by atoms with Gasteiger partial charge in [0.2, 0.25) is 0 Å². The van der Waals surface area contributed by atoms with Gasteiger partial charge in [0.05, 0.1) is 12.0 Å². The lowest BCUT2D eigenvalue weighted by Crippen LogP contribution is -2.07. The molecule has 4 nitrogen and oxygen atoms in total. The van der Waals surface area contributed by atoms with Crippen molar-refractivity contribution in [2.75, 3.05) is 6.54 Å². The summed E-state index contributed by atoms with van der Waals surface area (Å²) in [6.07, 6.45) is 3.80. The molecule has 4 heteroatoms. The zero-order valence-electron chi connectivity index (χ0n) is 9.13. The van der Waals surface area contributed by atoms with Crippen LogP contribution in [0.25, 0.3) is 11.3 Å². The Hall–Kier alpha value is -1.65. The summed E-state index contributed by atoms with van der Waals surface area (Å²) in [6.45, 7) is 1.94. The van der Waals surface area contributed by atoms with Crippen LogP contribution in [-0.2, 0) is 13.1 Å². The maximum absolute atomic E-state index is 5.70. The van der Waals surface area contributed by atoms with Crippen molar-refractivity contribution in [2.24, 2.45) is 11.5 Å². The van der Waals surface area contributed by atoms with E-state index in [-0.39, 0.29) is 0 Å². The second kappa shape index (κ2) is 4.92. The van der Waals surface area contributed by atoms with Gasteiger partial charge in [-0.15, -0.1) is 0 Å². The van der Waals surface area contributed by atoms with Gasteiger partial charge in [0, 0.05) is 31.4 Å². The Morgan fingerprint density at radius 3 is 2.75 bits per heavy atom. The highest BCUT2D eigenvalue weighted by molar-refractivity contribution is 5.62. The lowest BCUT2D eigenvalue weighted by Gasteiger charge is -2.03. The summed E-state index contributed by atoms with van der Waals surface area (Å²) in [7, 11) is 0. The van der Waals surface area contributed by atoms with Crippen LogP contribution in [0.4, 0.5) is 0 Å². The predicted octanol–water partition coefficient (Wildman–Crippen LogP) is 0.967. The monoisotopic (exact) mass is 216 g/mol. The summed E-state index contributed by atoms with van der Waals surface area (Å²) in [4.78, 5) is 4.37. The molecule has 0 saturated heterocycles. The van der Waals surface area contributed by atoms with E-state index in [2.05, 4.69) is 4.98 Å². The van der Waals surface area contributed by atoms with Crippen molar-refractivity contribution >= 4 is 0 Å². The van der Waals surface area contributed by atoms with Crippen molar-refractivity contribution < 1.29 is 0 Å². The summed E-state index contributed by atoms with van der Waals surface area (Å²) < 4.78 is 1.99. The maximum Gasteiger partial charge on any atom is 0.0954 e. The van der Waals surface area contributed by atoms with E-state index in [1.807, 2.05) is 35.0 Å². The van der Waals surface area contributed by atoms with Crippen molar-refractivity contribution in [2.45, 2.75) is 13.1 Å². The van der Waals surface area contributed by atoms with Crippen molar-refractivity contribution in [1.82, 2.24) is 9.55 Å². The van der Waals surface area contributed by atoms with Crippen LogP contribution in [0.1, 0.15) is 5.56 Å². The normalized spacial score (nSPS) is 10.6. The smallest absolute Gasteiger partial charge is 0.0954 e. The molecule has 0 aliphatic carbocycles. The third kappa shape index (κ3) is 2.13. The number of imidazole rings is 1. The van der Waals surface area contributed by atoms with Crippen LogP contribution in [0.15, 0.2) is 36.8 Å². The molecule has 2 rings (SSSR count). The predicted molar refractivity (Wildman–Crippen MR) is 64.6 cm³/mol. The number of benzene rings is 1. The number of nitrogens with two attached hydrogens (primary N) is 2. The molecule has 0 aliphatic rings. The zero-order chi connectivity index (χ0) is 11.4. The fourth-order valence-corrected chi connectivity index (χ4v) is 1.72. The van der Waals surface area contributed by atoms with Gasteiger partial charge in [-0.1, -0.05) is 24.3 Å². The average Bonchev–Trinajstić information content (AvgIpc) is 2.78. The quantitative estimate of drug-likeness (QED) is 0.800. The average molecular weight is 216 g/mol. The highest BCUT2D eigenvalue weighted by Gasteiger charge is 2.05. The molecular formula is C12H16N4. The van der Waals surface area contributed by atoms with Crippen LogP contribution in [0.5, 0.6) is 0 Å². The zero-order valence-corrected chi connectivity index (χ0v) is 9.13. The van der Waals surface area contributed by atoms with Gasteiger partial charge in [-0.3, -0.25) is 0 Å². The summed E-state index contributed by atoms with van der Waals surface area (Å²) in [5, 5.41) is 0. The molecule has 4 N–H and O–H groups in total. The van der Waals surface area contributed by atoms with E-state index in [0.717, 1.165) is 23.4 Å². The Morgan fingerprint density at radius 1 is 1.19 bits per heavy atom. The van der Waals surface area contributed by atoms with Crippen LogP contribution >= 0.6 is 0 Å². The first-order chi connectivity index (χ1) is 7.85. The molecule has 0 amide bonds. The first-order valence-electron chi connectivity index (χ1n) is 5.35. The summed E-state index contributed by atoms with van der Waals surface area (Å²) in [5.74, 6) is 0. The maximum atomic E-state index is 5.70. The summed E-state index contributed by atoms with van der Waals surface area (Å²) >= 11 is 0. The van der Waals surface area contributed by atoms with Crippen LogP contribution in [0.3, 0.4) is 0 Å². The van der Waals surface area contributed by atoms with E-state index in [4.69, 9.17) is 11.5 Å². The van der Waals surface area contributed by atoms with E-state index < -0.39 is 0 Å². The molecule has 0 bridgehead atoms. The van der Waals surface area contributed by atoms with E-state index in [0.29, 0.717) is 13.1 Å². The minimum Gasteiger partial charge on any atom is -0.336 e. The van der Waals surface area contributed by atoms with Gasteiger partial charge in [-0.25, -0.2) is 4.98 Å². The van der Waals surface area contributed by atoms with Crippen molar-refractivity contribution in [3.63, 3.8) is 0 Å². The summed E-state index contributed by atoms with van der Waals surface area (Å²) in [5.41, 5.74) is 14.4. The molecule has 16 heavy (non-hydrogen) atoms. The Bertz CT molecular complexity index is 462. The Morgan fingerprint density at radius 2 is 2.00 bits per heavy atom. The Labute approximate surface area is 94.9 Å². The topological polar surface area (TPSA) is 69.9 Å². The molecule has 0 spiro atoms. The molecule has 0 fully saturated rings. The molecule has 0 aliphatic heterocycles. The van der Waals surface area contributed by atoms with Crippen LogP contribution in [-0.4, -0.2) is 16.1 Å². The molecule has 0 saturated carbocycles. The molecule has 84 valence electrons. The molecule has 0 atom stereocenters. The molecular weight excluding hydrogens is 200 g/mol. The number of aromatic nitrogens is 2. The summed E-state index contributed by atoms with van der Waals surface area (Å²) in [6, 6.07) is 8.05. The SMILES string of the molecule is NCCn1cnc(-c2ccccc2CN)c1. The van der Waals surface area contributed by atoms with Gasteiger partial charge in [-0.05, 0) is 5.56 Å². The Kier molecular flexibility index (Phi) is 3.34. The molecule has 1 aromatic carbocycles. The second-order valence-corrected chi connectivity index (χ2v) is 3.65. The highest BCUT2D eigenvalue weighted by Crippen LogP contribution is 2.21. The number of nitrogens with zero attached hydrogens (tertiary/aromatic N) is 2. The van der Waals surface area contributed by atoms with Gasteiger partial charge >= 0.3 is 0 Å². The van der Waals surface area contributed by atoms with Crippen molar-refractivity contribution in [3.8, 4) is 11.3 Å². The number of hydrogen-bond acceptors (Lipinski definition) is 3. The molecule has 0 radical (unpaired) electrons. The van der Waals surface area contributed by atoms with E-state index in [1.165, 1.54) is 0 Å². The van der Waals surface area contributed by atoms with Crippen LogP contribution in [0.2, 0.25) is 0 Å². The first kappa shape index (κ1) is 10.9. The largest absolute Gasteiger partial charge is 0.336 e. The van der Waals surface area contributed by atoms with E-state index in [9.17, 15) is 0 Å². The fourth-order valence-electron chi connectivity index (χ4n) is 1.72. The minimum absolute atomic E-state index is 0.528. The Balaban J connectivity index is 2.34. The molecule has 1 heterocycles. The van der Waals surface area contributed by atoms with Gasteiger partial charge in [0.15, 0.2) is 0 Å². The lowest BCUT2D eigenvalue weighted by atomic mass is 10.1. The van der Waals surface area contributed by atoms with Gasteiger partial charge < -0.3 is 16.0 Å². The number of rotatable bonds is 4. The van der Waals surface area contributed by atoms with Gasteiger partial charge in [-0.2, -0.15) is 0 Å². The molecule has 0 unspecified atom stereocenters. The van der Waals surface area contributed by atoms with Crippen LogP contribution in [0, 0.1) is 0 Å². The van der Waals surface area contributed by atoms with E-state index in [1.54, 1.807) is 6.33 Å². The van der Waals surface area contributed by atoms with Crippen molar-refractivity contribution in [3.05, 3.63) is 42.4 Å². The standard InChI is InChI=1S/C12H16N4/c13-5-6-16-8-12(15-9-16)11-4-2-1-3-10(11)7-14/h1-4,8-9H,5-7,13-14H2. The number of hydrogen-bond donors (Lipinski definition) is 2. The van der Waals surface area contributed by atoms with Crippen molar-refractivity contribution in [1.29, 1.82) is 0 Å². The van der Waals surface area contributed by atoms with Gasteiger partial charge in [0.1, 0.15) is 0 Å². The fraction of sp³-hybridized carbons (Fsp3) is 0.250. The van der Waals surface area contributed by atoms with Gasteiger partial charge in [0.25, 0.3) is 0 Å².